The number of rotatable bonds is 6. The fourth-order valence-electron chi connectivity index (χ4n) is 1.17. The van der Waals surface area contributed by atoms with E-state index >= 15 is 0 Å². The Bertz CT molecular complexity index is 490. The lowest BCUT2D eigenvalue weighted by atomic mass is 9.81. The van der Waals surface area contributed by atoms with Crippen molar-refractivity contribution in [1.29, 1.82) is 0 Å². The third kappa shape index (κ3) is 3.78. The summed E-state index contributed by atoms with van der Waals surface area (Å²) in [6, 6.07) is 3.37. The lowest BCUT2D eigenvalue weighted by molar-refractivity contribution is 0.252. The maximum absolute atomic E-state index is 12.1. The van der Waals surface area contributed by atoms with E-state index in [0.717, 1.165) is 4.88 Å². The molecule has 0 spiro atoms. The predicted molar refractivity (Wildman–Crippen MR) is 76.0 cm³/mol. The van der Waals surface area contributed by atoms with Gasteiger partial charge in [0.05, 0.1) is 0 Å². The molecule has 4 nitrogen and oxygen atoms in total. The zero-order chi connectivity index (χ0) is 14.0. The van der Waals surface area contributed by atoms with Gasteiger partial charge in [0.25, 0.3) is 0 Å². The van der Waals surface area contributed by atoms with Gasteiger partial charge in [-0.05, 0) is 23.5 Å². The van der Waals surface area contributed by atoms with Gasteiger partial charge in [0.1, 0.15) is 4.21 Å². The summed E-state index contributed by atoms with van der Waals surface area (Å²) in [7, 11) is -3.40. The molecule has 18 heavy (non-hydrogen) atoms. The Morgan fingerprint density at radius 1 is 1.39 bits per heavy atom. The van der Waals surface area contributed by atoms with Crippen molar-refractivity contribution in [3.63, 3.8) is 0 Å². The van der Waals surface area contributed by atoms with Crippen LogP contribution in [0.1, 0.15) is 32.6 Å². The van der Waals surface area contributed by atoms with E-state index in [1.165, 1.54) is 11.3 Å². The predicted octanol–water partition coefficient (Wildman–Crippen LogP) is 2.17. The Morgan fingerprint density at radius 3 is 2.44 bits per heavy atom. The molecule has 0 saturated heterocycles. The third-order valence-electron chi connectivity index (χ3n) is 3.38. The molecule has 0 aliphatic carbocycles. The molecule has 0 atom stereocenters. The van der Waals surface area contributed by atoms with Crippen LogP contribution in [0, 0.1) is 11.3 Å². The first-order chi connectivity index (χ1) is 8.19. The fourth-order valence-corrected chi connectivity index (χ4v) is 3.67. The largest absolute Gasteiger partial charge is 0.326 e. The molecule has 1 heterocycles. The Balaban J connectivity index is 2.77. The minimum atomic E-state index is -3.40. The Labute approximate surface area is 114 Å². The molecule has 1 aromatic heterocycles. The smallest absolute Gasteiger partial charge is 0.250 e. The molecule has 0 aliphatic rings. The van der Waals surface area contributed by atoms with Crippen LogP contribution in [0.2, 0.25) is 0 Å². The highest BCUT2D eigenvalue weighted by atomic mass is 32.2. The van der Waals surface area contributed by atoms with Crippen molar-refractivity contribution < 1.29 is 8.42 Å². The molecule has 3 N–H and O–H groups in total. The van der Waals surface area contributed by atoms with Crippen molar-refractivity contribution >= 4 is 21.4 Å². The van der Waals surface area contributed by atoms with Crippen molar-refractivity contribution in [3.05, 3.63) is 17.0 Å². The van der Waals surface area contributed by atoms with Crippen molar-refractivity contribution in [2.75, 3.05) is 6.54 Å². The molecule has 1 rings (SSSR count). The molecule has 0 aliphatic heterocycles. The zero-order valence-corrected chi connectivity index (χ0v) is 13.0. The van der Waals surface area contributed by atoms with Gasteiger partial charge in [-0.15, -0.1) is 11.3 Å². The monoisotopic (exact) mass is 290 g/mol. The van der Waals surface area contributed by atoms with Crippen LogP contribution in [0.15, 0.2) is 16.3 Å². The SMILES string of the molecule is CC(C)C(C)(C)CNS(=O)(=O)c1ccc(CN)s1. The van der Waals surface area contributed by atoms with Crippen LogP contribution >= 0.6 is 11.3 Å². The van der Waals surface area contributed by atoms with Crippen LogP contribution in [0.3, 0.4) is 0 Å². The van der Waals surface area contributed by atoms with Crippen LogP contribution in [0.4, 0.5) is 0 Å². The molecule has 0 unspecified atom stereocenters. The Kier molecular flexibility index (Phi) is 4.94. The molecule has 0 bridgehead atoms. The first-order valence-corrected chi connectivity index (χ1v) is 8.27. The number of nitrogens with one attached hydrogen (secondary N) is 1. The van der Waals surface area contributed by atoms with E-state index in [9.17, 15) is 8.42 Å². The quantitative estimate of drug-likeness (QED) is 0.843. The molecule has 0 fully saturated rings. The number of hydrogen-bond donors (Lipinski definition) is 2. The maximum atomic E-state index is 12.1. The second kappa shape index (κ2) is 5.69. The van der Waals surface area contributed by atoms with Gasteiger partial charge in [-0.2, -0.15) is 0 Å². The van der Waals surface area contributed by atoms with E-state index in [0.29, 0.717) is 23.2 Å². The molecule has 0 saturated carbocycles. The van der Waals surface area contributed by atoms with Gasteiger partial charge < -0.3 is 5.73 Å². The molecule has 6 heteroatoms. The molecule has 0 radical (unpaired) electrons. The summed E-state index contributed by atoms with van der Waals surface area (Å²) in [5.74, 6) is 0.406. The third-order valence-corrected chi connectivity index (χ3v) is 6.38. The topological polar surface area (TPSA) is 72.2 Å². The molecular weight excluding hydrogens is 268 g/mol. The van der Waals surface area contributed by atoms with Gasteiger partial charge in [0.15, 0.2) is 0 Å². The lowest BCUT2D eigenvalue weighted by Gasteiger charge is -2.29. The van der Waals surface area contributed by atoms with E-state index in [4.69, 9.17) is 5.73 Å². The number of thiophene rings is 1. The van der Waals surface area contributed by atoms with Gasteiger partial charge in [-0.3, -0.25) is 0 Å². The first kappa shape index (κ1) is 15.6. The zero-order valence-electron chi connectivity index (χ0n) is 11.4. The van der Waals surface area contributed by atoms with Gasteiger partial charge in [-0.1, -0.05) is 27.7 Å². The van der Waals surface area contributed by atoms with E-state index in [-0.39, 0.29) is 5.41 Å². The summed E-state index contributed by atoms with van der Waals surface area (Å²) < 4.78 is 27.2. The normalized spacial score (nSPS) is 13.2. The highest BCUT2D eigenvalue weighted by Crippen LogP contribution is 2.26. The number of nitrogens with two attached hydrogens (primary N) is 1. The summed E-state index contributed by atoms with van der Waals surface area (Å²) in [5.41, 5.74) is 5.42. The van der Waals surface area contributed by atoms with Crippen LogP contribution < -0.4 is 10.5 Å². The second-order valence-corrected chi connectivity index (χ2v) is 8.55. The minimum Gasteiger partial charge on any atom is -0.326 e. The summed E-state index contributed by atoms with van der Waals surface area (Å²) >= 11 is 1.22. The average molecular weight is 290 g/mol. The summed E-state index contributed by atoms with van der Waals surface area (Å²) in [6.07, 6.45) is 0. The van der Waals surface area contributed by atoms with Gasteiger partial charge in [0, 0.05) is 18.0 Å². The van der Waals surface area contributed by atoms with Crippen molar-refractivity contribution in [2.24, 2.45) is 17.1 Å². The summed E-state index contributed by atoms with van der Waals surface area (Å²) in [4.78, 5) is 0.874. The van der Waals surface area contributed by atoms with Crippen LogP contribution in [0.25, 0.3) is 0 Å². The second-order valence-electron chi connectivity index (χ2n) is 5.39. The van der Waals surface area contributed by atoms with Gasteiger partial charge in [-0.25, -0.2) is 13.1 Å². The molecule has 0 amide bonds. The molecule has 1 aromatic rings. The Morgan fingerprint density at radius 2 is 2.00 bits per heavy atom. The van der Waals surface area contributed by atoms with Crippen molar-refractivity contribution in [2.45, 2.75) is 38.4 Å². The number of sulfonamides is 1. The summed E-state index contributed by atoms with van der Waals surface area (Å²) in [6.45, 7) is 9.10. The van der Waals surface area contributed by atoms with Gasteiger partial charge >= 0.3 is 0 Å². The van der Waals surface area contributed by atoms with Crippen molar-refractivity contribution in [1.82, 2.24) is 4.72 Å². The van der Waals surface area contributed by atoms with Crippen molar-refractivity contribution in [3.8, 4) is 0 Å². The highest BCUT2D eigenvalue weighted by Gasteiger charge is 2.26. The van der Waals surface area contributed by atoms with E-state index in [2.05, 4.69) is 32.4 Å². The average Bonchev–Trinajstić information content (AvgIpc) is 2.75. The molecule has 104 valence electrons. The lowest BCUT2D eigenvalue weighted by Crippen LogP contribution is -2.36. The standard InChI is InChI=1S/C12H22N2O2S2/c1-9(2)12(3,4)8-14-18(15,16)11-6-5-10(7-13)17-11/h5-6,9,14H,7-8,13H2,1-4H3. The summed E-state index contributed by atoms with van der Waals surface area (Å²) in [5, 5.41) is 0. The van der Waals surface area contributed by atoms with Crippen LogP contribution in [-0.4, -0.2) is 15.0 Å². The Hall–Kier alpha value is -0.430. The van der Waals surface area contributed by atoms with Crippen LogP contribution in [0.5, 0.6) is 0 Å². The van der Waals surface area contributed by atoms with E-state index < -0.39 is 10.0 Å². The maximum Gasteiger partial charge on any atom is 0.250 e. The fraction of sp³-hybridized carbons (Fsp3) is 0.667. The minimum absolute atomic E-state index is 0.0684. The van der Waals surface area contributed by atoms with Crippen LogP contribution in [-0.2, 0) is 16.6 Å². The number of hydrogen-bond acceptors (Lipinski definition) is 4. The first-order valence-electron chi connectivity index (χ1n) is 5.97. The van der Waals surface area contributed by atoms with E-state index in [1.807, 2.05) is 0 Å². The molecular formula is C12H22N2O2S2. The van der Waals surface area contributed by atoms with Gasteiger partial charge in [0.2, 0.25) is 10.0 Å². The highest BCUT2D eigenvalue weighted by molar-refractivity contribution is 7.91. The molecule has 0 aromatic carbocycles. The van der Waals surface area contributed by atoms with E-state index in [1.54, 1.807) is 12.1 Å².